The van der Waals surface area contributed by atoms with Gasteiger partial charge < -0.3 is 15.7 Å². The highest BCUT2D eigenvalue weighted by Crippen LogP contribution is 2.22. The molecule has 3 N–H and O–H groups in total. The molecule has 32 heavy (non-hydrogen) atoms. The van der Waals surface area contributed by atoms with Crippen LogP contribution in [0.2, 0.25) is 0 Å². The van der Waals surface area contributed by atoms with Crippen molar-refractivity contribution in [2.24, 2.45) is 0 Å². The van der Waals surface area contributed by atoms with Crippen molar-refractivity contribution in [2.45, 2.75) is 38.5 Å². The fraction of sp³-hybridized carbons (Fsp3) is 0.421. The number of hydrogen-bond acceptors (Lipinski definition) is 7. The number of nitrogens with one attached hydrogen (secondary N) is 2. The highest BCUT2D eigenvalue weighted by molar-refractivity contribution is 7.18. The molecule has 172 valence electrons. The number of aromatic nitrogens is 4. The van der Waals surface area contributed by atoms with Gasteiger partial charge in [-0.25, -0.2) is 14.5 Å². The van der Waals surface area contributed by atoms with Crippen molar-refractivity contribution in [3.8, 4) is 0 Å². The minimum absolute atomic E-state index is 0.121. The Labute approximate surface area is 184 Å². The number of piperidine rings is 1. The lowest BCUT2D eigenvalue weighted by Gasteiger charge is -2.22. The molecule has 2 aromatic heterocycles. The van der Waals surface area contributed by atoms with E-state index in [1.165, 1.54) is 0 Å². The summed E-state index contributed by atoms with van der Waals surface area (Å²) in [5.41, 5.74) is 2.26. The molecule has 0 radical (unpaired) electrons. The maximum Gasteiger partial charge on any atom is 0.490 e. The number of benzene rings is 1. The first kappa shape index (κ1) is 23.6. The van der Waals surface area contributed by atoms with Gasteiger partial charge in [0.2, 0.25) is 0 Å². The summed E-state index contributed by atoms with van der Waals surface area (Å²) in [6.45, 7) is 4.36. The van der Waals surface area contributed by atoms with Gasteiger partial charge in [0, 0.05) is 5.56 Å². The number of thiazole rings is 1. The number of carbonyl (C=O) groups is 2. The molecule has 0 atom stereocenters. The second kappa shape index (κ2) is 10.0. The average molecular weight is 470 g/mol. The molecule has 9 nitrogen and oxygen atoms in total. The van der Waals surface area contributed by atoms with Gasteiger partial charge in [0.15, 0.2) is 0 Å². The Bertz CT molecular complexity index is 1090. The third-order valence-corrected chi connectivity index (χ3v) is 5.62. The van der Waals surface area contributed by atoms with Gasteiger partial charge in [0.1, 0.15) is 5.69 Å². The van der Waals surface area contributed by atoms with E-state index in [1.807, 2.05) is 36.0 Å². The lowest BCUT2D eigenvalue weighted by atomic mass is 10.1. The van der Waals surface area contributed by atoms with E-state index in [2.05, 4.69) is 25.9 Å². The van der Waals surface area contributed by atoms with Crippen LogP contribution >= 0.6 is 11.3 Å². The molecule has 0 unspecified atom stereocenters. The molecule has 1 fully saturated rings. The number of carboxylic acid groups (broad SMARTS) is 1. The normalized spacial score (nSPS) is 14.6. The smallest absolute Gasteiger partial charge is 0.475 e. The zero-order chi connectivity index (χ0) is 23.3. The van der Waals surface area contributed by atoms with E-state index in [4.69, 9.17) is 9.90 Å². The van der Waals surface area contributed by atoms with Crippen LogP contribution in [0, 0.1) is 6.92 Å². The number of alkyl halides is 3. The Hall–Kier alpha value is -3.06. The average Bonchev–Trinajstić information content (AvgIpc) is 3.37. The predicted octanol–water partition coefficient (Wildman–Crippen LogP) is 2.68. The number of aliphatic carboxylic acids is 1. The number of fused-ring (bicyclic) bond motifs is 1. The highest BCUT2D eigenvalue weighted by atomic mass is 32.1. The Morgan fingerprint density at radius 2 is 2.00 bits per heavy atom. The van der Waals surface area contributed by atoms with Gasteiger partial charge in [-0.1, -0.05) is 5.21 Å². The van der Waals surface area contributed by atoms with Crippen LogP contribution in [0.25, 0.3) is 10.2 Å². The quantitative estimate of drug-likeness (QED) is 0.536. The first-order valence-electron chi connectivity index (χ1n) is 9.70. The SMILES string of the molecule is Cc1nc2cc(C(=O)NCc3cn(C4CCNCC4)nn3)ccc2s1.O=C(O)C(F)(F)F. The van der Waals surface area contributed by atoms with Crippen molar-refractivity contribution in [3.05, 3.63) is 40.7 Å². The van der Waals surface area contributed by atoms with E-state index in [-0.39, 0.29) is 5.91 Å². The molecular weight excluding hydrogens is 449 g/mol. The summed E-state index contributed by atoms with van der Waals surface area (Å²) < 4.78 is 34.8. The molecule has 1 aliphatic heterocycles. The van der Waals surface area contributed by atoms with Crippen molar-refractivity contribution in [1.29, 1.82) is 0 Å². The summed E-state index contributed by atoms with van der Waals surface area (Å²) in [5, 5.41) is 22.8. The van der Waals surface area contributed by atoms with Crippen LogP contribution in [-0.2, 0) is 11.3 Å². The molecule has 1 saturated heterocycles. The third kappa shape index (κ3) is 6.23. The monoisotopic (exact) mass is 470 g/mol. The van der Waals surface area contributed by atoms with Crippen molar-refractivity contribution in [3.63, 3.8) is 0 Å². The topological polar surface area (TPSA) is 122 Å². The second-order valence-electron chi connectivity index (χ2n) is 7.07. The number of halogens is 3. The van der Waals surface area contributed by atoms with Gasteiger partial charge >= 0.3 is 12.1 Å². The lowest BCUT2D eigenvalue weighted by molar-refractivity contribution is -0.192. The Morgan fingerprint density at radius 1 is 1.31 bits per heavy atom. The summed E-state index contributed by atoms with van der Waals surface area (Å²) in [7, 11) is 0. The van der Waals surface area contributed by atoms with E-state index in [9.17, 15) is 18.0 Å². The van der Waals surface area contributed by atoms with Crippen LogP contribution in [0.15, 0.2) is 24.4 Å². The Morgan fingerprint density at radius 3 is 2.66 bits per heavy atom. The van der Waals surface area contributed by atoms with Crippen LogP contribution in [0.5, 0.6) is 0 Å². The number of carbonyl (C=O) groups excluding carboxylic acids is 1. The first-order valence-corrected chi connectivity index (χ1v) is 10.5. The molecule has 1 aromatic carbocycles. The van der Waals surface area contributed by atoms with Crippen molar-refractivity contribution < 1.29 is 27.9 Å². The highest BCUT2D eigenvalue weighted by Gasteiger charge is 2.38. The molecule has 0 spiro atoms. The number of nitrogens with zero attached hydrogens (tertiary/aromatic N) is 4. The largest absolute Gasteiger partial charge is 0.490 e. The maximum atomic E-state index is 12.4. The van der Waals surface area contributed by atoms with Gasteiger partial charge in [-0.15, -0.1) is 16.4 Å². The van der Waals surface area contributed by atoms with Crippen LogP contribution in [0.3, 0.4) is 0 Å². The number of aryl methyl sites for hydroxylation is 1. The molecule has 1 aliphatic rings. The van der Waals surface area contributed by atoms with Gasteiger partial charge in [0.25, 0.3) is 5.91 Å². The zero-order valence-corrected chi connectivity index (χ0v) is 17.8. The van der Waals surface area contributed by atoms with Gasteiger partial charge in [-0.3, -0.25) is 4.79 Å². The summed E-state index contributed by atoms with van der Waals surface area (Å²) in [4.78, 5) is 25.7. The van der Waals surface area contributed by atoms with Crippen LogP contribution in [0.1, 0.15) is 39.9 Å². The summed E-state index contributed by atoms with van der Waals surface area (Å²) >= 11 is 1.63. The van der Waals surface area contributed by atoms with E-state index in [1.54, 1.807) is 11.3 Å². The number of amides is 1. The fourth-order valence-electron chi connectivity index (χ4n) is 3.10. The predicted molar refractivity (Wildman–Crippen MR) is 110 cm³/mol. The molecule has 4 rings (SSSR count). The molecule has 0 saturated carbocycles. The Kier molecular flexibility index (Phi) is 7.40. The first-order chi connectivity index (χ1) is 15.1. The molecule has 1 amide bonds. The Balaban J connectivity index is 0.000000360. The zero-order valence-electron chi connectivity index (χ0n) is 17.0. The maximum absolute atomic E-state index is 12.4. The molecular formula is C19H21F3N6O3S. The van der Waals surface area contributed by atoms with Crippen LogP contribution in [-0.4, -0.2) is 56.2 Å². The van der Waals surface area contributed by atoms with E-state index < -0.39 is 12.1 Å². The van der Waals surface area contributed by atoms with Crippen LogP contribution in [0.4, 0.5) is 13.2 Å². The van der Waals surface area contributed by atoms with Gasteiger partial charge in [0.05, 0.1) is 34.0 Å². The molecule has 3 aromatic rings. The van der Waals surface area contributed by atoms with Crippen molar-refractivity contribution in [2.75, 3.05) is 13.1 Å². The minimum atomic E-state index is -5.08. The van der Waals surface area contributed by atoms with Crippen molar-refractivity contribution >= 4 is 33.4 Å². The van der Waals surface area contributed by atoms with Gasteiger partial charge in [-0.05, 0) is 51.1 Å². The number of hydrogen-bond donors (Lipinski definition) is 3. The number of rotatable bonds is 4. The minimum Gasteiger partial charge on any atom is -0.475 e. The summed E-state index contributed by atoms with van der Waals surface area (Å²) in [5.74, 6) is -2.88. The van der Waals surface area contributed by atoms with Crippen molar-refractivity contribution in [1.82, 2.24) is 30.6 Å². The lowest BCUT2D eigenvalue weighted by Crippen LogP contribution is -2.29. The molecule has 3 heterocycles. The second-order valence-corrected chi connectivity index (χ2v) is 8.31. The van der Waals surface area contributed by atoms with Gasteiger partial charge in [-0.2, -0.15) is 13.2 Å². The fourth-order valence-corrected chi connectivity index (χ4v) is 3.91. The van der Waals surface area contributed by atoms with E-state index >= 15 is 0 Å². The molecule has 0 bridgehead atoms. The molecule has 0 aliphatic carbocycles. The summed E-state index contributed by atoms with van der Waals surface area (Å²) in [6, 6.07) is 6.01. The summed E-state index contributed by atoms with van der Waals surface area (Å²) in [6.07, 6.45) is -1.03. The van der Waals surface area contributed by atoms with E-state index in [0.29, 0.717) is 18.2 Å². The number of carboxylic acids is 1. The standard InChI is InChI=1S/C17H20N6OS.C2HF3O2/c1-11-20-15-8-12(2-3-16(15)25-11)17(24)19-9-13-10-23(22-21-13)14-4-6-18-7-5-14;3-2(4,5)1(6)7/h2-3,8,10,14,18H,4-7,9H2,1H3,(H,19,24);(H,6,7). The van der Waals surface area contributed by atoms with E-state index in [0.717, 1.165) is 46.8 Å². The van der Waals surface area contributed by atoms with Crippen LogP contribution < -0.4 is 10.6 Å². The molecule has 13 heteroatoms. The third-order valence-electron chi connectivity index (χ3n) is 4.67.